The molecule has 1 aliphatic heterocycles. The first-order chi connectivity index (χ1) is 7.20. The quantitative estimate of drug-likeness (QED) is 0.787. The molecule has 0 saturated carbocycles. The maximum absolute atomic E-state index is 8.83. The lowest BCUT2D eigenvalue weighted by Crippen LogP contribution is -2.11. The van der Waals surface area contributed by atoms with Crippen LogP contribution in [0.4, 0.5) is 0 Å². The van der Waals surface area contributed by atoms with E-state index in [0.717, 1.165) is 17.7 Å². The summed E-state index contributed by atoms with van der Waals surface area (Å²) >= 11 is 0. The second-order valence-electron chi connectivity index (χ2n) is 4.12. The molecule has 3 heteroatoms. The molecule has 0 aliphatic carbocycles. The van der Waals surface area contributed by atoms with Crippen LogP contribution >= 0.6 is 0 Å². The molecule has 1 aliphatic rings. The summed E-state index contributed by atoms with van der Waals surface area (Å²) in [5.74, 6) is 0.974. The standard InChI is InChI=1S/C12H17NO2/c1-8-6-10-7-9(11(13)4-5-14)2-3-12(10)15-8/h2-3,7-8,11,14H,4-6,13H2,1H3. The van der Waals surface area contributed by atoms with E-state index >= 15 is 0 Å². The molecule has 3 nitrogen and oxygen atoms in total. The summed E-state index contributed by atoms with van der Waals surface area (Å²) in [4.78, 5) is 0. The summed E-state index contributed by atoms with van der Waals surface area (Å²) in [6.07, 6.45) is 1.83. The Morgan fingerprint density at radius 1 is 1.60 bits per heavy atom. The van der Waals surface area contributed by atoms with Crippen molar-refractivity contribution >= 4 is 0 Å². The molecule has 0 saturated heterocycles. The third-order valence-electron chi connectivity index (χ3n) is 2.79. The molecular formula is C12H17NO2. The maximum Gasteiger partial charge on any atom is 0.123 e. The van der Waals surface area contributed by atoms with Gasteiger partial charge < -0.3 is 15.6 Å². The van der Waals surface area contributed by atoms with Gasteiger partial charge in [0.15, 0.2) is 0 Å². The topological polar surface area (TPSA) is 55.5 Å². The molecule has 2 atom stereocenters. The van der Waals surface area contributed by atoms with Gasteiger partial charge in [0.05, 0.1) is 0 Å². The SMILES string of the molecule is CC1Cc2cc(C(N)CCO)ccc2O1. The van der Waals surface area contributed by atoms with Crippen molar-refractivity contribution in [2.24, 2.45) is 5.73 Å². The average Bonchev–Trinajstić information content (AvgIpc) is 2.57. The van der Waals surface area contributed by atoms with Gasteiger partial charge in [-0.05, 0) is 30.5 Å². The molecule has 0 aromatic heterocycles. The van der Waals surface area contributed by atoms with Crippen molar-refractivity contribution in [2.75, 3.05) is 6.61 Å². The number of rotatable bonds is 3. The van der Waals surface area contributed by atoms with Crippen LogP contribution in [-0.2, 0) is 6.42 Å². The largest absolute Gasteiger partial charge is 0.490 e. The van der Waals surface area contributed by atoms with Gasteiger partial charge in [-0.15, -0.1) is 0 Å². The second-order valence-corrected chi connectivity index (χ2v) is 4.12. The number of benzene rings is 1. The molecule has 2 rings (SSSR count). The van der Waals surface area contributed by atoms with E-state index in [1.807, 2.05) is 12.1 Å². The Morgan fingerprint density at radius 3 is 3.13 bits per heavy atom. The zero-order chi connectivity index (χ0) is 10.8. The van der Waals surface area contributed by atoms with Crippen molar-refractivity contribution in [2.45, 2.75) is 31.9 Å². The van der Waals surface area contributed by atoms with Gasteiger partial charge in [0.25, 0.3) is 0 Å². The van der Waals surface area contributed by atoms with Crippen LogP contribution in [0.1, 0.15) is 30.5 Å². The first-order valence-electron chi connectivity index (χ1n) is 5.36. The number of ether oxygens (including phenoxy) is 1. The molecular weight excluding hydrogens is 190 g/mol. The fraction of sp³-hybridized carbons (Fsp3) is 0.500. The Hall–Kier alpha value is -1.06. The molecule has 0 bridgehead atoms. The highest BCUT2D eigenvalue weighted by atomic mass is 16.5. The van der Waals surface area contributed by atoms with Gasteiger partial charge in [-0.25, -0.2) is 0 Å². The monoisotopic (exact) mass is 207 g/mol. The molecule has 2 unspecified atom stereocenters. The third-order valence-corrected chi connectivity index (χ3v) is 2.79. The fourth-order valence-corrected chi connectivity index (χ4v) is 1.98. The van der Waals surface area contributed by atoms with Crippen molar-refractivity contribution in [1.82, 2.24) is 0 Å². The predicted octanol–water partition coefficient (Wildman–Crippen LogP) is 1.39. The van der Waals surface area contributed by atoms with Gasteiger partial charge >= 0.3 is 0 Å². The van der Waals surface area contributed by atoms with E-state index in [-0.39, 0.29) is 18.8 Å². The normalized spacial score (nSPS) is 20.9. The van der Waals surface area contributed by atoms with Gasteiger partial charge in [-0.1, -0.05) is 12.1 Å². The number of nitrogens with two attached hydrogens (primary N) is 1. The van der Waals surface area contributed by atoms with Crippen molar-refractivity contribution < 1.29 is 9.84 Å². The second kappa shape index (κ2) is 4.21. The Balaban J connectivity index is 2.19. The van der Waals surface area contributed by atoms with Crippen molar-refractivity contribution in [3.05, 3.63) is 29.3 Å². The van der Waals surface area contributed by atoms with Crippen LogP contribution in [0.25, 0.3) is 0 Å². The predicted molar refractivity (Wildman–Crippen MR) is 58.9 cm³/mol. The highest BCUT2D eigenvalue weighted by Gasteiger charge is 2.19. The highest BCUT2D eigenvalue weighted by Crippen LogP contribution is 2.31. The summed E-state index contributed by atoms with van der Waals surface area (Å²) in [6, 6.07) is 5.98. The molecule has 1 heterocycles. The Kier molecular flexibility index (Phi) is 2.93. The molecule has 0 amide bonds. The molecule has 0 fully saturated rings. The number of aliphatic hydroxyl groups excluding tert-OH is 1. The van der Waals surface area contributed by atoms with Crippen LogP contribution in [0, 0.1) is 0 Å². The van der Waals surface area contributed by atoms with Crippen molar-refractivity contribution in [3.63, 3.8) is 0 Å². The van der Waals surface area contributed by atoms with Gasteiger partial charge in [0, 0.05) is 19.1 Å². The van der Waals surface area contributed by atoms with Crippen molar-refractivity contribution in [1.29, 1.82) is 0 Å². The lowest BCUT2D eigenvalue weighted by Gasteiger charge is -2.11. The van der Waals surface area contributed by atoms with Gasteiger partial charge in [0.1, 0.15) is 11.9 Å². The minimum absolute atomic E-state index is 0.0730. The van der Waals surface area contributed by atoms with Gasteiger partial charge in [-0.2, -0.15) is 0 Å². The van der Waals surface area contributed by atoms with E-state index < -0.39 is 0 Å². The van der Waals surface area contributed by atoms with Crippen LogP contribution in [0.5, 0.6) is 5.75 Å². The Bertz CT molecular complexity index is 351. The van der Waals surface area contributed by atoms with Crippen LogP contribution in [0.15, 0.2) is 18.2 Å². The van der Waals surface area contributed by atoms with E-state index in [0.29, 0.717) is 6.42 Å². The van der Waals surface area contributed by atoms with E-state index in [4.69, 9.17) is 15.6 Å². The van der Waals surface area contributed by atoms with E-state index in [1.165, 1.54) is 5.56 Å². The zero-order valence-electron chi connectivity index (χ0n) is 8.94. The molecule has 82 valence electrons. The summed E-state index contributed by atoms with van der Waals surface area (Å²) in [6.45, 7) is 2.19. The van der Waals surface area contributed by atoms with Crippen molar-refractivity contribution in [3.8, 4) is 5.75 Å². The smallest absolute Gasteiger partial charge is 0.123 e. The van der Waals surface area contributed by atoms with Gasteiger partial charge in [0.2, 0.25) is 0 Å². The molecule has 0 spiro atoms. The summed E-state index contributed by atoms with van der Waals surface area (Å²) < 4.78 is 5.61. The van der Waals surface area contributed by atoms with Crippen LogP contribution in [0.3, 0.4) is 0 Å². The number of hydrogen-bond donors (Lipinski definition) is 2. The molecule has 0 radical (unpaired) electrons. The maximum atomic E-state index is 8.83. The molecule has 1 aromatic rings. The highest BCUT2D eigenvalue weighted by molar-refractivity contribution is 5.41. The fourth-order valence-electron chi connectivity index (χ4n) is 1.98. The first-order valence-corrected chi connectivity index (χ1v) is 5.36. The summed E-state index contributed by atoms with van der Waals surface area (Å²) in [5.41, 5.74) is 8.25. The zero-order valence-corrected chi connectivity index (χ0v) is 8.94. The molecule has 1 aromatic carbocycles. The number of hydrogen-bond acceptors (Lipinski definition) is 3. The van der Waals surface area contributed by atoms with Crippen LogP contribution in [0.2, 0.25) is 0 Å². The first kappa shape index (κ1) is 10.5. The minimum Gasteiger partial charge on any atom is -0.490 e. The van der Waals surface area contributed by atoms with Crippen LogP contribution in [-0.4, -0.2) is 17.8 Å². The minimum atomic E-state index is -0.0730. The lowest BCUT2D eigenvalue weighted by molar-refractivity contribution is 0.254. The van der Waals surface area contributed by atoms with E-state index in [9.17, 15) is 0 Å². The number of aliphatic hydroxyl groups is 1. The summed E-state index contributed by atoms with van der Waals surface area (Å²) in [5, 5.41) is 8.83. The van der Waals surface area contributed by atoms with E-state index in [2.05, 4.69) is 13.0 Å². The Labute approximate surface area is 89.9 Å². The van der Waals surface area contributed by atoms with Crippen LogP contribution < -0.4 is 10.5 Å². The molecule has 15 heavy (non-hydrogen) atoms. The third kappa shape index (κ3) is 2.13. The van der Waals surface area contributed by atoms with Gasteiger partial charge in [-0.3, -0.25) is 0 Å². The van der Waals surface area contributed by atoms with E-state index in [1.54, 1.807) is 0 Å². The Morgan fingerprint density at radius 2 is 2.40 bits per heavy atom. The number of fused-ring (bicyclic) bond motifs is 1. The lowest BCUT2D eigenvalue weighted by atomic mass is 10.0. The molecule has 3 N–H and O–H groups in total. The summed E-state index contributed by atoms with van der Waals surface area (Å²) in [7, 11) is 0. The average molecular weight is 207 g/mol.